The first-order valence-corrected chi connectivity index (χ1v) is 6.80. The van der Waals surface area contributed by atoms with Gasteiger partial charge in [0.15, 0.2) is 0 Å². The first-order valence-electron chi connectivity index (χ1n) is 6.80. The Morgan fingerprint density at radius 1 is 1.00 bits per heavy atom. The third-order valence-electron chi connectivity index (χ3n) is 3.86. The van der Waals surface area contributed by atoms with Crippen molar-refractivity contribution in [2.75, 3.05) is 18.6 Å². The average molecular weight is 252 g/mol. The Bertz CT molecular complexity index is 577. The van der Waals surface area contributed by atoms with Crippen molar-refractivity contribution in [1.82, 2.24) is 4.90 Å². The molecular formula is C17H20N2. The minimum absolute atomic E-state index is 0.991. The summed E-state index contributed by atoms with van der Waals surface area (Å²) >= 11 is 0. The highest BCUT2D eigenvalue weighted by atomic mass is 15.3. The van der Waals surface area contributed by atoms with E-state index >= 15 is 0 Å². The van der Waals surface area contributed by atoms with Gasteiger partial charge < -0.3 is 4.90 Å². The molecule has 0 amide bonds. The molecule has 98 valence electrons. The molecule has 2 aromatic rings. The monoisotopic (exact) mass is 252 g/mol. The molecule has 0 fully saturated rings. The zero-order valence-corrected chi connectivity index (χ0v) is 11.6. The fourth-order valence-electron chi connectivity index (χ4n) is 2.82. The van der Waals surface area contributed by atoms with Crippen LogP contribution in [0.15, 0.2) is 48.5 Å². The van der Waals surface area contributed by atoms with Crippen molar-refractivity contribution in [1.29, 1.82) is 0 Å². The highest BCUT2D eigenvalue weighted by Crippen LogP contribution is 2.26. The van der Waals surface area contributed by atoms with Crippen molar-refractivity contribution < 1.29 is 0 Å². The fraction of sp³-hybridized carbons (Fsp3) is 0.294. The molecule has 0 saturated carbocycles. The molecule has 3 rings (SSSR count). The first-order chi connectivity index (χ1) is 9.24. The van der Waals surface area contributed by atoms with Crippen molar-refractivity contribution in [3.63, 3.8) is 0 Å². The largest absolute Gasteiger partial charge is 0.361 e. The van der Waals surface area contributed by atoms with E-state index < -0.39 is 0 Å². The molecule has 0 aliphatic carbocycles. The van der Waals surface area contributed by atoms with Crippen LogP contribution >= 0.6 is 0 Å². The smallest absolute Gasteiger partial charge is 0.0709 e. The third kappa shape index (κ3) is 2.49. The lowest BCUT2D eigenvalue weighted by Gasteiger charge is -2.36. The molecule has 0 aromatic heterocycles. The summed E-state index contributed by atoms with van der Waals surface area (Å²) in [5.74, 6) is 0. The van der Waals surface area contributed by atoms with E-state index in [1.165, 1.54) is 22.4 Å². The van der Waals surface area contributed by atoms with Gasteiger partial charge in [0.1, 0.15) is 0 Å². The van der Waals surface area contributed by atoms with Gasteiger partial charge in [0.25, 0.3) is 0 Å². The van der Waals surface area contributed by atoms with Crippen molar-refractivity contribution >= 4 is 5.69 Å². The van der Waals surface area contributed by atoms with E-state index in [0.29, 0.717) is 0 Å². The SMILES string of the molecule is Cc1ccccc1CN1Cc2ccccc2N(C)C1. The van der Waals surface area contributed by atoms with E-state index in [4.69, 9.17) is 0 Å². The summed E-state index contributed by atoms with van der Waals surface area (Å²) < 4.78 is 0. The van der Waals surface area contributed by atoms with Crippen LogP contribution in [-0.2, 0) is 13.1 Å². The Morgan fingerprint density at radius 3 is 2.58 bits per heavy atom. The number of fused-ring (bicyclic) bond motifs is 1. The van der Waals surface area contributed by atoms with Gasteiger partial charge in [-0.15, -0.1) is 0 Å². The van der Waals surface area contributed by atoms with Crippen LogP contribution in [0.5, 0.6) is 0 Å². The fourth-order valence-corrected chi connectivity index (χ4v) is 2.82. The Labute approximate surface area is 115 Å². The molecule has 0 saturated heterocycles. The zero-order valence-electron chi connectivity index (χ0n) is 11.6. The van der Waals surface area contributed by atoms with Crippen LogP contribution < -0.4 is 4.90 Å². The standard InChI is InChI=1S/C17H20N2/c1-14-7-3-4-8-15(14)11-19-12-16-9-5-6-10-17(16)18(2)13-19/h3-10H,11-13H2,1-2H3. The minimum atomic E-state index is 0.991. The van der Waals surface area contributed by atoms with Crippen LogP contribution in [0.25, 0.3) is 0 Å². The maximum Gasteiger partial charge on any atom is 0.0709 e. The molecule has 2 nitrogen and oxygen atoms in total. The molecule has 1 heterocycles. The van der Waals surface area contributed by atoms with Crippen LogP contribution in [-0.4, -0.2) is 18.6 Å². The molecule has 1 aliphatic rings. The second-order valence-electron chi connectivity index (χ2n) is 5.38. The lowest BCUT2D eigenvalue weighted by molar-refractivity contribution is 0.248. The highest BCUT2D eigenvalue weighted by molar-refractivity contribution is 5.54. The molecule has 0 bridgehead atoms. The average Bonchev–Trinajstić information content (AvgIpc) is 2.42. The topological polar surface area (TPSA) is 6.48 Å². The van der Waals surface area contributed by atoms with Gasteiger partial charge in [0.05, 0.1) is 6.67 Å². The summed E-state index contributed by atoms with van der Waals surface area (Å²) in [5, 5.41) is 0. The second kappa shape index (κ2) is 5.06. The highest BCUT2D eigenvalue weighted by Gasteiger charge is 2.19. The van der Waals surface area contributed by atoms with E-state index in [2.05, 4.69) is 72.3 Å². The van der Waals surface area contributed by atoms with E-state index in [1.807, 2.05) is 0 Å². The predicted octanol–water partition coefficient (Wildman–Crippen LogP) is 3.40. The normalized spacial score (nSPS) is 15.4. The zero-order chi connectivity index (χ0) is 13.2. The van der Waals surface area contributed by atoms with E-state index in [1.54, 1.807) is 0 Å². The Kier molecular flexibility index (Phi) is 3.26. The van der Waals surface area contributed by atoms with Gasteiger partial charge in [-0.1, -0.05) is 42.5 Å². The molecule has 2 heteroatoms. The van der Waals surface area contributed by atoms with Crippen LogP contribution in [0.1, 0.15) is 16.7 Å². The predicted molar refractivity (Wildman–Crippen MR) is 80.1 cm³/mol. The second-order valence-corrected chi connectivity index (χ2v) is 5.38. The van der Waals surface area contributed by atoms with Gasteiger partial charge in [-0.05, 0) is 29.7 Å². The molecule has 19 heavy (non-hydrogen) atoms. The van der Waals surface area contributed by atoms with Crippen LogP contribution in [0.3, 0.4) is 0 Å². The molecule has 2 aromatic carbocycles. The maximum atomic E-state index is 2.49. The molecule has 0 spiro atoms. The minimum Gasteiger partial charge on any atom is -0.361 e. The molecule has 0 radical (unpaired) electrons. The Balaban J connectivity index is 1.80. The molecule has 0 unspecified atom stereocenters. The summed E-state index contributed by atoms with van der Waals surface area (Å²) in [5.41, 5.74) is 5.59. The van der Waals surface area contributed by atoms with Crippen LogP contribution in [0, 0.1) is 6.92 Å². The van der Waals surface area contributed by atoms with Gasteiger partial charge >= 0.3 is 0 Å². The number of hydrogen-bond donors (Lipinski definition) is 0. The maximum absolute atomic E-state index is 2.49. The van der Waals surface area contributed by atoms with Crippen molar-refractivity contribution in [3.05, 3.63) is 65.2 Å². The molecule has 0 atom stereocenters. The van der Waals surface area contributed by atoms with Crippen molar-refractivity contribution in [2.24, 2.45) is 0 Å². The number of rotatable bonds is 2. The van der Waals surface area contributed by atoms with Crippen LogP contribution in [0.4, 0.5) is 5.69 Å². The summed E-state index contributed by atoms with van der Waals surface area (Å²) in [7, 11) is 2.17. The Morgan fingerprint density at radius 2 is 1.74 bits per heavy atom. The van der Waals surface area contributed by atoms with Gasteiger partial charge in [-0.2, -0.15) is 0 Å². The quantitative estimate of drug-likeness (QED) is 0.808. The number of anilines is 1. The molecule has 0 N–H and O–H groups in total. The number of para-hydroxylation sites is 1. The van der Waals surface area contributed by atoms with Gasteiger partial charge in [0, 0.05) is 25.8 Å². The summed E-state index contributed by atoms with van der Waals surface area (Å²) in [6, 6.07) is 17.3. The first kappa shape index (κ1) is 12.2. The number of nitrogens with zero attached hydrogens (tertiary/aromatic N) is 2. The summed E-state index contributed by atoms with van der Waals surface area (Å²) in [6.45, 7) is 5.24. The summed E-state index contributed by atoms with van der Waals surface area (Å²) in [6.07, 6.45) is 0. The lowest BCUT2D eigenvalue weighted by atomic mass is 10.1. The number of hydrogen-bond acceptors (Lipinski definition) is 2. The van der Waals surface area contributed by atoms with E-state index in [0.717, 1.165) is 19.8 Å². The lowest BCUT2D eigenvalue weighted by Crippen LogP contribution is -2.39. The van der Waals surface area contributed by atoms with E-state index in [9.17, 15) is 0 Å². The van der Waals surface area contributed by atoms with Gasteiger partial charge in [-0.3, -0.25) is 4.90 Å². The van der Waals surface area contributed by atoms with Crippen molar-refractivity contribution in [3.8, 4) is 0 Å². The summed E-state index contributed by atoms with van der Waals surface area (Å²) in [4.78, 5) is 4.82. The molecule has 1 aliphatic heterocycles. The third-order valence-corrected chi connectivity index (χ3v) is 3.86. The number of aryl methyl sites for hydroxylation is 1. The van der Waals surface area contributed by atoms with Crippen molar-refractivity contribution in [2.45, 2.75) is 20.0 Å². The number of benzene rings is 2. The van der Waals surface area contributed by atoms with Gasteiger partial charge in [-0.25, -0.2) is 0 Å². The van der Waals surface area contributed by atoms with Gasteiger partial charge in [0.2, 0.25) is 0 Å². The van der Waals surface area contributed by atoms with Crippen LogP contribution in [0.2, 0.25) is 0 Å². The Hall–Kier alpha value is -1.80. The van der Waals surface area contributed by atoms with E-state index in [-0.39, 0.29) is 0 Å². The molecular weight excluding hydrogens is 232 g/mol.